The van der Waals surface area contributed by atoms with Gasteiger partial charge in [0, 0.05) is 17.7 Å². The smallest absolute Gasteiger partial charge is 0.387 e. The second-order valence-corrected chi connectivity index (χ2v) is 5.79. The van der Waals surface area contributed by atoms with Crippen LogP contribution in [0.15, 0.2) is 24.3 Å². The lowest BCUT2D eigenvalue weighted by molar-refractivity contribution is -0.149. The Morgan fingerprint density at radius 2 is 1.82 bits per heavy atom. The van der Waals surface area contributed by atoms with E-state index in [4.69, 9.17) is 9.47 Å². The molecule has 28 heavy (non-hydrogen) atoms. The number of para-hydroxylation sites is 1. The largest absolute Gasteiger partial charge is 0.493 e. The van der Waals surface area contributed by atoms with Crippen molar-refractivity contribution in [2.45, 2.75) is 39.5 Å². The minimum Gasteiger partial charge on any atom is -0.493 e. The molecule has 0 radical (unpaired) electrons. The molecule has 8 nitrogen and oxygen atoms in total. The van der Waals surface area contributed by atoms with Crippen LogP contribution in [-0.2, 0) is 14.3 Å². The van der Waals surface area contributed by atoms with Gasteiger partial charge in [-0.25, -0.2) is 9.59 Å². The Balaban J connectivity index is 2.76. The summed E-state index contributed by atoms with van der Waals surface area (Å²) in [6, 6.07) is 3.47. The second-order valence-electron chi connectivity index (χ2n) is 5.79. The van der Waals surface area contributed by atoms with Gasteiger partial charge < -0.3 is 19.5 Å². The van der Waals surface area contributed by atoms with E-state index in [2.05, 4.69) is 10.1 Å². The third-order valence-corrected chi connectivity index (χ3v) is 3.15. The topological polar surface area (TPSA) is 103 Å². The number of carbonyl (C=O) groups is 3. The number of nitrogens with one attached hydrogen (secondary N) is 2. The molecular formula is C18H22F2N2O6. The van der Waals surface area contributed by atoms with Crippen molar-refractivity contribution < 1.29 is 37.4 Å². The molecule has 0 aromatic heterocycles. The normalized spacial score (nSPS) is 12.0. The standard InChI is InChI=1S/C18H22F2N2O6/c1-10(2)21-18(25)22-16(24)11(3)27-14(23)9-8-12-6-5-7-13(26-4)15(12)28-17(19)20/h5-11,17H,1-4H3,(H2,21,22,24,25)/b9-8+/t11-/m0/s1. The van der Waals surface area contributed by atoms with Crippen LogP contribution >= 0.6 is 0 Å². The molecule has 154 valence electrons. The van der Waals surface area contributed by atoms with E-state index < -0.39 is 30.6 Å². The molecular weight excluding hydrogens is 378 g/mol. The number of methoxy groups -OCH3 is 1. The fourth-order valence-corrected chi connectivity index (χ4v) is 1.98. The van der Waals surface area contributed by atoms with Crippen LogP contribution in [0, 0.1) is 0 Å². The highest BCUT2D eigenvalue weighted by Crippen LogP contribution is 2.33. The second kappa shape index (κ2) is 10.9. The lowest BCUT2D eigenvalue weighted by Gasteiger charge is -2.14. The van der Waals surface area contributed by atoms with Crippen molar-refractivity contribution in [3.05, 3.63) is 29.8 Å². The number of alkyl halides is 2. The summed E-state index contributed by atoms with van der Waals surface area (Å²) in [5, 5.41) is 4.47. The first kappa shape index (κ1) is 22.9. The summed E-state index contributed by atoms with van der Waals surface area (Å²) < 4.78 is 39.4. The number of imide groups is 1. The Labute approximate surface area is 160 Å². The lowest BCUT2D eigenvalue weighted by Crippen LogP contribution is -2.46. The van der Waals surface area contributed by atoms with E-state index in [9.17, 15) is 23.2 Å². The highest BCUT2D eigenvalue weighted by atomic mass is 19.3. The van der Waals surface area contributed by atoms with Gasteiger partial charge in [-0.15, -0.1) is 0 Å². The van der Waals surface area contributed by atoms with Gasteiger partial charge >= 0.3 is 18.6 Å². The summed E-state index contributed by atoms with van der Waals surface area (Å²) in [7, 11) is 1.28. The number of halogens is 2. The molecule has 1 rings (SSSR count). The summed E-state index contributed by atoms with van der Waals surface area (Å²) in [6.07, 6.45) is 0.862. The molecule has 0 saturated heterocycles. The molecule has 0 spiro atoms. The van der Waals surface area contributed by atoms with E-state index in [1.165, 1.54) is 38.3 Å². The molecule has 1 atom stereocenters. The number of hydrogen-bond acceptors (Lipinski definition) is 6. The molecule has 0 saturated carbocycles. The Bertz CT molecular complexity index is 737. The van der Waals surface area contributed by atoms with E-state index in [1.54, 1.807) is 13.8 Å². The summed E-state index contributed by atoms with van der Waals surface area (Å²) in [6.45, 7) is 1.61. The number of benzene rings is 1. The van der Waals surface area contributed by atoms with Crippen molar-refractivity contribution in [3.8, 4) is 11.5 Å². The fourth-order valence-electron chi connectivity index (χ4n) is 1.98. The molecule has 1 aromatic carbocycles. The zero-order valence-corrected chi connectivity index (χ0v) is 15.8. The number of amides is 3. The summed E-state index contributed by atoms with van der Waals surface area (Å²) in [5.74, 6) is -1.93. The minimum atomic E-state index is -3.09. The molecule has 0 unspecified atom stereocenters. The van der Waals surface area contributed by atoms with Crippen LogP contribution in [0.5, 0.6) is 11.5 Å². The number of carbonyl (C=O) groups excluding carboxylic acids is 3. The maximum Gasteiger partial charge on any atom is 0.387 e. The SMILES string of the molecule is COc1cccc(/C=C/C(=O)O[C@@H](C)C(=O)NC(=O)NC(C)C)c1OC(F)F. The average Bonchev–Trinajstić information content (AvgIpc) is 2.59. The Hall–Kier alpha value is -3.17. The Morgan fingerprint density at radius 3 is 2.39 bits per heavy atom. The summed E-state index contributed by atoms with van der Waals surface area (Å²) >= 11 is 0. The van der Waals surface area contributed by atoms with Crippen LogP contribution in [0.3, 0.4) is 0 Å². The fraction of sp³-hybridized carbons (Fsp3) is 0.389. The van der Waals surface area contributed by atoms with Crippen LogP contribution in [-0.4, -0.2) is 43.8 Å². The number of hydrogen-bond donors (Lipinski definition) is 2. The maximum absolute atomic E-state index is 12.6. The minimum absolute atomic E-state index is 0.0553. The number of ether oxygens (including phenoxy) is 3. The van der Waals surface area contributed by atoms with Crippen LogP contribution < -0.4 is 20.1 Å². The van der Waals surface area contributed by atoms with Crippen molar-refractivity contribution >= 4 is 24.0 Å². The highest BCUT2D eigenvalue weighted by molar-refractivity contribution is 5.98. The number of urea groups is 1. The van der Waals surface area contributed by atoms with Gasteiger partial charge in [-0.2, -0.15) is 8.78 Å². The zero-order chi connectivity index (χ0) is 21.3. The van der Waals surface area contributed by atoms with E-state index >= 15 is 0 Å². The van der Waals surface area contributed by atoms with E-state index in [1.807, 2.05) is 5.32 Å². The van der Waals surface area contributed by atoms with Crippen molar-refractivity contribution in [1.82, 2.24) is 10.6 Å². The predicted molar refractivity (Wildman–Crippen MR) is 96.0 cm³/mol. The Kier molecular flexibility index (Phi) is 8.86. The summed E-state index contributed by atoms with van der Waals surface area (Å²) in [4.78, 5) is 35.1. The molecule has 0 bridgehead atoms. The van der Waals surface area contributed by atoms with Gasteiger partial charge in [-0.3, -0.25) is 10.1 Å². The molecule has 0 aliphatic heterocycles. The van der Waals surface area contributed by atoms with Crippen molar-refractivity contribution in [3.63, 3.8) is 0 Å². The van der Waals surface area contributed by atoms with Crippen LogP contribution in [0.25, 0.3) is 6.08 Å². The summed E-state index contributed by atoms with van der Waals surface area (Å²) in [5.41, 5.74) is 0.144. The maximum atomic E-state index is 12.6. The van der Waals surface area contributed by atoms with Gasteiger partial charge in [0.15, 0.2) is 17.6 Å². The molecule has 3 amide bonds. The molecule has 0 heterocycles. The first-order valence-electron chi connectivity index (χ1n) is 8.25. The number of rotatable bonds is 8. The monoisotopic (exact) mass is 400 g/mol. The van der Waals surface area contributed by atoms with Crippen molar-refractivity contribution in [1.29, 1.82) is 0 Å². The average molecular weight is 400 g/mol. The first-order chi connectivity index (χ1) is 13.1. The van der Waals surface area contributed by atoms with Gasteiger partial charge in [-0.1, -0.05) is 12.1 Å². The molecule has 0 aliphatic rings. The van der Waals surface area contributed by atoms with Crippen LogP contribution in [0.4, 0.5) is 13.6 Å². The van der Waals surface area contributed by atoms with Gasteiger partial charge in [0.25, 0.3) is 5.91 Å². The van der Waals surface area contributed by atoms with E-state index in [-0.39, 0.29) is 23.1 Å². The van der Waals surface area contributed by atoms with E-state index in [0.717, 1.165) is 6.08 Å². The third kappa shape index (κ3) is 7.60. The molecule has 1 aromatic rings. The van der Waals surface area contributed by atoms with Gasteiger partial charge in [0.05, 0.1) is 7.11 Å². The molecule has 0 aliphatic carbocycles. The number of esters is 1. The third-order valence-electron chi connectivity index (χ3n) is 3.15. The van der Waals surface area contributed by atoms with Gasteiger partial charge in [0.1, 0.15) is 0 Å². The van der Waals surface area contributed by atoms with Crippen LogP contribution in [0.1, 0.15) is 26.3 Å². The quantitative estimate of drug-likeness (QED) is 0.513. The predicted octanol–water partition coefficient (Wildman–Crippen LogP) is 2.48. The molecule has 2 N–H and O–H groups in total. The lowest BCUT2D eigenvalue weighted by atomic mass is 10.1. The molecule has 0 fully saturated rings. The van der Waals surface area contributed by atoms with Crippen LogP contribution in [0.2, 0.25) is 0 Å². The zero-order valence-electron chi connectivity index (χ0n) is 15.8. The van der Waals surface area contributed by atoms with Gasteiger partial charge in [0.2, 0.25) is 0 Å². The van der Waals surface area contributed by atoms with E-state index in [0.29, 0.717) is 0 Å². The van der Waals surface area contributed by atoms with Crippen molar-refractivity contribution in [2.24, 2.45) is 0 Å². The van der Waals surface area contributed by atoms with Gasteiger partial charge in [-0.05, 0) is 32.9 Å². The first-order valence-corrected chi connectivity index (χ1v) is 8.25. The van der Waals surface area contributed by atoms with Crippen molar-refractivity contribution in [2.75, 3.05) is 7.11 Å². The Morgan fingerprint density at radius 1 is 1.14 bits per heavy atom. The highest BCUT2D eigenvalue weighted by Gasteiger charge is 2.19. The molecule has 10 heteroatoms.